The number of carbonyl (C=O) groups excluding carboxylic acids is 1. The molecule has 1 aliphatic heterocycles. The van der Waals surface area contributed by atoms with E-state index in [4.69, 9.17) is 17.0 Å². The van der Waals surface area contributed by atoms with Crippen LogP contribution in [0.2, 0.25) is 0 Å². The van der Waals surface area contributed by atoms with Crippen LogP contribution in [0.15, 0.2) is 109 Å². The second-order valence-electron chi connectivity index (χ2n) is 10.0. The van der Waals surface area contributed by atoms with E-state index in [1.165, 1.54) is 0 Å². The molecule has 9 heteroatoms. The fraction of sp³-hybridized carbons (Fsp3) is 0.152. The molecule has 42 heavy (non-hydrogen) atoms. The van der Waals surface area contributed by atoms with E-state index in [1.54, 1.807) is 12.4 Å². The third kappa shape index (κ3) is 5.46. The monoisotopic (exact) mass is 574 g/mol. The Morgan fingerprint density at radius 1 is 0.929 bits per heavy atom. The SMILES string of the molecule is Cc1cc(C2C(c3ccccn3)NC(=S)N2c2ccc(NC(=O)COc3ccccc3)cc2)c(C)n1-c1ccccn1. The van der Waals surface area contributed by atoms with Crippen molar-refractivity contribution in [3.63, 3.8) is 0 Å². The Hall–Kier alpha value is -5.02. The highest BCUT2D eigenvalue weighted by atomic mass is 32.1. The van der Waals surface area contributed by atoms with Crippen molar-refractivity contribution in [1.29, 1.82) is 0 Å². The maximum atomic E-state index is 12.5. The molecule has 2 atom stereocenters. The molecule has 8 nitrogen and oxygen atoms in total. The normalized spacial score (nSPS) is 16.2. The summed E-state index contributed by atoms with van der Waals surface area (Å²) < 4.78 is 7.74. The zero-order chi connectivity index (χ0) is 29.1. The van der Waals surface area contributed by atoms with E-state index in [-0.39, 0.29) is 24.6 Å². The lowest BCUT2D eigenvalue weighted by Crippen LogP contribution is -2.29. The largest absolute Gasteiger partial charge is 0.484 e. The van der Waals surface area contributed by atoms with Gasteiger partial charge in [0.05, 0.1) is 17.8 Å². The predicted octanol–water partition coefficient (Wildman–Crippen LogP) is 6.08. The summed E-state index contributed by atoms with van der Waals surface area (Å²) in [6, 6.07) is 30.6. The Balaban J connectivity index is 1.30. The molecule has 1 amide bonds. The first-order valence-electron chi connectivity index (χ1n) is 13.7. The van der Waals surface area contributed by atoms with Crippen LogP contribution in [0.4, 0.5) is 11.4 Å². The van der Waals surface area contributed by atoms with E-state index in [9.17, 15) is 4.79 Å². The number of nitrogens with zero attached hydrogens (tertiary/aromatic N) is 4. The molecule has 2 unspecified atom stereocenters. The zero-order valence-corrected chi connectivity index (χ0v) is 24.1. The van der Waals surface area contributed by atoms with Gasteiger partial charge in [-0.15, -0.1) is 0 Å². The lowest BCUT2D eigenvalue weighted by Gasteiger charge is -2.28. The van der Waals surface area contributed by atoms with Crippen molar-refractivity contribution in [2.24, 2.45) is 0 Å². The minimum Gasteiger partial charge on any atom is -0.484 e. The number of nitrogens with one attached hydrogen (secondary N) is 2. The average Bonchev–Trinajstić information content (AvgIpc) is 3.52. The molecule has 1 aliphatic rings. The van der Waals surface area contributed by atoms with Crippen molar-refractivity contribution >= 4 is 34.6 Å². The lowest BCUT2D eigenvalue weighted by atomic mass is 9.96. The Labute approximate surface area is 250 Å². The highest BCUT2D eigenvalue weighted by molar-refractivity contribution is 7.80. The number of benzene rings is 2. The molecule has 2 aromatic carbocycles. The molecule has 1 fully saturated rings. The molecule has 0 radical (unpaired) electrons. The molecule has 2 N–H and O–H groups in total. The second-order valence-corrected chi connectivity index (χ2v) is 10.4. The lowest BCUT2D eigenvalue weighted by molar-refractivity contribution is -0.118. The van der Waals surface area contributed by atoms with Crippen LogP contribution in [0.25, 0.3) is 5.82 Å². The molecule has 1 saturated heterocycles. The Bertz CT molecular complexity index is 1690. The Kier molecular flexibility index (Phi) is 7.66. The number of rotatable bonds is 8. The van der Waals surface area contributed by atoms with Gasteiger partial charge in [0.15, 0.2) is 11.7 Å². The van der Waals surface area contributed by atoms with E-state index >= 15 is 0 Å². The number of ether oxygens (including phenoxy) is 1. The first-order valence-corrected chi connectivity index (χ1v) is 14.1. The average molecular weight is 575 g/mol. The van der Waals surface area contributed by atoms with Gasteiger partial charge in [0.2, 0.25) is 0 Å². The first-order chi connectivity index (χ1) is 20.5. The van der Waals surface area contributed by atoms with Crippen LogP contribution in [0.1, 0.15) is 34.7 Å². The van der Waals surface area contributed by atoms with Gasteiger partial charge in [-0.1, -0.05) is 30.3 Å². The number of amides is 1. The highest BCUT2D eigenvalue weighted by Gasteiger charge is 2.42. The van der Waals surface area contributed by atoms with Gasteiger partial charge in [-0.25, -0.2) is 4.98 Å². The van der Waals surface area contributed by atoms with Crippen molar-refractivity contribution in [3.8, 4) is 11.6 Å². The van der Waals surface area contributed by atoms with Gasteiger partial charge in [0.1, 0.15) is 11.6 Å². The summed E-state index contributed by atoms with van der Waals surface area (Å²) in [5.41, 5.74) is 5.75. The highest BCUT2D eigenvalue weighted by Crippen LogP contribution is 2.43. The molecule has 5 aromatic rings. The maximum absolute atomic E-state index is 12.5. The van der Waals surface area contributed by atoms with E-state index in [1.807, 2.05) is 91.0 Å². The summed E-state index contributed by atoms with van der Waals surface area (Å²) >= 11 is 5.92. The number of pyridine rings is 2. The van der Waals surface area contributed by atoms with Gasteiger partial charge in [-0.2, -0.15) is 0 Å². The zero-order valence-electron chi connectivity index (χ0n) is 23.3. The minimum atomic E-state index is -0.236. The van der Waals surface area contributed by atoms with Gasteiger partial charge in [-0.05, 0) is 98.4 Å². The summed E-state index contributed by atoms with van der Waals surface area (Å²) in [7, 11) is 0. The molecule has 6 rings (SSSR count). The summed E-state index contributed by atoms with van der Waals surface area (Å²) in [6.07, 6.45) is 3.60. The smallest absolute Gasteiger partial charge is 0.262 e. The summed E-state index contributed by atoms with van der Waals surface area (Å²) in [4.78, 5) is 23.9. The Morgan fingerprint density at radius 3 is 2.33 bits per heavy atom. The fourth-order valence-corrected chi connectivity index (χ4v) is 5.79. The molecule has 0 saturated carbocycles. The quantitative estimate of drug-likeness (QED) is 0.217. The van der Waals surface area contributed by atoms with E-state index in [2.05, 4.69) is 50.0 Å². The number of thiocarbonyl (C=S) groups is 1. The third-order valence-electron chi connectivity index (χ3n) is 7.31. The molecule has 4 heterocycles. The van der Waals surface area contributed by atoms with Crippen LogP contribution in [0, 0.1) is 13.8 Å². The number of hydrogen-bond acceptors (Lipinski definition) is 5. The molecule has 0 aliphatic carbocycles. The standard InChI is InChI=1S/C33H30N6O2S/c1-22-20-27(23(2)38(22)29-13-7-9-19-35-29)32-31(28-12-6-8-18-34-28)37-33(42)39(32)25-16-14-24(15-17-25)36-30(40)21-41-26-10-4-3-5-11-26/h3-20,31-32H,21H2,1-2H3,(H,36,40)(H,37,42). The number of anilines is 2. The molecule has 0 spiro atoms. The van der Waals surface area contributed by atoms with E-state index in [0.717, 1.165) is 34.2 Å². The molecule has 3 aromatic heterocycles. The number of hydrogen-bond donors (Lipinski definition) is 2. The van der Waals surface area contributed by atoms with Crippen molar-refractivity contribution in [3.05, 3.63) is 132 Å². The van der Waals surface area contributed by atoms with Gasteiger partial charge in [0, 0.05) is 35.2 Å². The topological polar surface area (TPSA) is 84.3 Å². The summed E-state index contributed by atoms with van der Waals surface area (Å²) in [5, 5.41) is 7.03. The van der Waals surface area contributed by atoms with Gasteiger partial charge < -0.3 is 24.8 Å². The number of aromatic nitrogens is 3. The van der Waals surface area contributed by atoms with Crippen LogP contribution in [-0.4, -0.2) is 32.2 Å². The van der Waals surface area contributed by atoms with Gasteiger partial charge in [-0.3, -0.25) is 9.78 Å². The maximum Gasteiger partial charge on any atom is 0.262 e. The van der Waals surface area contributed by atoms with Gasteiger partial charge >= 0.3 is 0 Å². The van der Waals surface area contributed by atoms with Crippen LogP contribution >= 0.6 is 12.2 Å². The molecular weight excluding hydrogens is 544 g/mol. The van der Waals surface area contributed by atoms with Crippen molar-refractivity contribution < 1.29 is 9.53 Å². The van der Waals surface area contributed by atoms with Crippen molar-refractivity contribution in [2.75, 3.05) is 16.8 Å². The van der Waals surface area contributed by atoms with Crippen molar-refractivity contribution in [2.45, 2.75) is 25.9 Å². The molecular formula is C33H30N6O2S. The molecule has 0 bridgehead atoms. The number of carbonyl (C=O) groups is 1. The summed E-state index contributed by atoms with van der Waals surface area (Å²) in [6.45, 7) is 4.12. The molecule has 210 valence electrons. The van der Waals surface area contributed by atoms with E-state index < -0.39 is 0 Å². The third-order valence-corrected chi connectivity index (χ3v) is 7.62. The van der Waals surface area contributed by atoms with Crippen LogP contribution in [0.3, 0.4) is 0 Å². The second kappa shape index (κ2) is 11.8. The first kappa shape index (κ1) is 27.2. The summed E-state index contributed by atoms with van der Waals surface area (Å²) in [5.74, 6) is 1.28. The van der Waals surface area contributed by atoms with Crippen molar-refractivity contribution in [1.82, 2.24) is 19.9 Å². The van der Waals surface area contributed by atoms with Crippen LogP contribution < -0.4 is 20.3 Å². The van der Waals surface area contributed by atoms with Crippen LogP contribution in [-0.2, 0) is 4.79 Å². The number of para-hydroxylation sites is 1. The van der Waals surface area contributed by atoms with Gasteiger partial charge in [0.25, 0.3) is 5.91 Å². The van der Waals surface area contributed by atoms with E-state index in [0.29, 0.717) is 16.5 Å². The predicted molar refractivity (Wildman–Crippen MR) is 168 cm³/mol. The van der Waals surface area contributed by atoms with Crippen LogP contribution in [0.5, 0.6) is 5.75 Å². The number of aryl methyl sites for hydroxylation is 1. The minimum absolute atomic E-state index is 0.0778. The fourth-order valence-electron chi connectivity index (χ4n) is 5.44. The Morgan fingerprint density at radius 2 is 1.64 bits per heavy atom.